The number of rotatable bonds is 3. The Morgan fingerprint density at radius 3 is 2.32 bits per heavy atom. The van der Waals surface area contributed by atoms with Crippen LogP contribution in [0.4, 0.5) is 18.9 Å². The topological polar surface area (TPSA) is 46.2 Å². The molecule has 0 atom stereocenters. The van der Waals surface area contributed by atoms with Gasteiger partial charge in [0.1, 0.15) is 4.21 Å². The van der Waals surface area contributed by atoms with Crippen LogP contribution in [0.25, 0.3) is 0 Å². The molecule has 1 aromatic heterocycles. The lowest BCUT2D eigenvalue weighted by atomic mass is 10.3. The van der Waals surface area contributed by atoms with Gasteiger partial charge in [-0.05, 0) is 24.3 Å². The Morgan fingerprint density at radius 2 is 1.74 bits per heavy atom. The van der Waals surface area contributed by atoms with E-state index in [-0.39, 0.29) is 8.55 Å². The lowest BCUT2D eigenvalue weighted by Crippen LogP contribution is -2.13. The molecule has 3 nitrogen and oxygen atoms in total. The molecule has 19 heavy (non-hydrogen) atoms. The van der Waals surface area contributed by atoms with E-state index in [1.807, 2.05) is 4.72 Å². The smallest absolute Gasteiger partial charge is 0.271 e. The summed E-state index contributed by atoms with van der Waals surface area (Å²) in [4.78, 5) is 0. The minimum absolute atomic E-state index is 0.165. The summed E-state index contributed by atoms with van der Waals surface area (Å²) in [5.74, 6) is -4.75. The molecule has 0 unspecified atom stereocenters. The molecule has 2 aromatic rings. The highest BCUT2D eigenvalue weighted by Crippen LogP contribution is 2.28. The van der Waals surface area contributed by atoms with Crippen LogP contribution >= 0.6 is 22.9 Å². The highest BCUT2D eigenvalue weighted by Gasteiger charge is 2.21. The van der Waals surface area contributed by atoms with Crippen LogP contribution in [0.1, 0.15) is 0 Å². The zero-order valence-electron chi connectivity index (χ0n) is 8.95. The van der Waals surface area contributed by atoms with Crippen LogP contribution in [-0.2, 0) is 10.0 Å². The van der Waals surface area contributed by atoms with Gasteiger partial charge >= 0.3 is 0 Å². The quantitative estimate of drug-likeness (QED) is 0.875. The van der Waals surface area contributed by atoms with Gasteiger partial charge in [0.2, 0.25) is 0 Å². The van der Waals surface area contributed by atoms with Gasteiger partial charge in [0.15, 0.2) is 17.5 Å². The molecule has 2 rings (SSSR count). The summed E-state index contributed by atoms with van der Waals surface area (Å²) in [5.41, 5.74) is -0.677. The third kappa shape index (κ3) is 2.85. The first kappa shape index (κ1) is 14.2. The maximum atomic E-state index is 13.3. The molecule has 0 aliphatic heterocycles. The first-order valence-electron chi connectivity index (χ1n) is 4.73. The Labute approximate surface area is 115 Å². The molecule has 0 aliphatic rings. The molecule has 9 heteroatoms. The summed E-state index contributed by atoms with van der Waals surface area (Å²) < 4.78 is 64.6. The fourth-order valence-electron chi connectivity index (χ4n) is 1.24. The molecule has 0 saturated heterocycles. The molecular formula is C10H5ClF3NO2S2. The van der Waals surface area contributed by atoms with Crippen molar-refractivity contribution in [2.75, 3.05) is 4.72 Å². The minimum Gasteiger partial charge on any atom is -0.276 e. The zero-order valence-corrected chi connectivity index (χ0v) is 11.3. The highest BCUT2D eigenvalue weighted by atomic mass is 35.5. The summed E-state index contributed by atoms with van der Waals surface area (Å²) in [6, 6.07) is 3.98. The van der Waals surface area contributed by atoms with Crippen molar-refractivity contribution in [2.24, 2.45) is 0 Å². The van der Waals surface area contributed by atoms with E-state index in [2.05, 4.69) is 0 Å². The fraction of sp³-hybridized carbons (Fsp3) is 0. The Hall–Kier alpha value is -1.25. The van der Waals surface area contributed by atoms with Gasteiger partial charge in [0, 0.05) is 0 Å². The molecular weight excluding hydrogens is 323 g/mol. The number of hydrogen-bond donors (Lipinski definition) is 1. The van der Waals surface area contributed by atoms with Crippen LogP contribution in [0.2, 0.25) is 4.34 Å². The predicted octanol–water partition coefficient (Wildman–Crippen LogP) is 3.62. The number of halogens is 4. The van der Waals surface area contributed by atoms with Crippen molar-refractivity contribution in [2.45, 2.75) is 4.21 Å². The molecule has 1 aromatic carbocycles. The van der Waals surface area contributed by atoms with E-state index in [0.29, 0.717) is 6.07 Å². The SMILES string of the molecule is O=S(=O)(Nc1ccc(F)c(F)c1F)c1ccc(Cl)s1. The van der Waals surface area contributed by atoms with E-state index in [1.165, 1.54) is 12.1 Å². The lowest BCUT2D eigenvalue weighted by Gasteiger charge is -2.07. The minimum atomic E-state index is -4.09. The molecule has 0 saturated carbocycles. The van der Waals surface area contributed by atoms with Crippen molar-refractivity contribution < 1.29 is 21.6 Å². The number of thiophene rings is 1. The molecule has 0 aliphatic carbocycles. The molecule has 0 fully saturated rings. The van der Waals surface area contributed by atoms with Gasteiger partial charge in [-0.25, -0.2) is 21.6 Å². The first-order chi connectivity index (χ1) is 8.81. The van der Waals surface area contributed by atoms with Gasteiger partial charge in [-0.15, -0.1) is 11.3 Å². The summed E-state index contributed by atoms with van der Waals surface area (Å²) in [6.07, 6.45) is 0. The molecule has 1 heterocycles. The van der Waals surface area contributed by atoms with Crippen LogP contribution in [0, 0.1) is 17.5 Å². The maximum Gasteiger partial charge on any atom is 0.271 e. The van der Waals surface area contributed by atoms with Gasteiger partial charge in [0.05, 0.1) is 10.0 Å². The van der Waals surface area contributed by atoms with Gasteiger partial charge in [-0.3, -0.25) is 4.72 Å². The van der Waals surface area contributed by atoms with Crippen LogP contribution in [-0.4, -0.2) is 8.42 Å². The van der Waals surface area contributed by atoms with Crippen LogP contribution in [0.15, 0.2) is 28.5 Å². The third-order valence-corrected chi connectivity index (χ3v) is 5.18. The van der Waals surface area contributed by atoms with E-state index in [1.54, 1.807) is 0 Å². The molecule has 0 radical (unpaired) electrons. The van der Waals surface area contributed by atoms with Crippen molar-refractivity contribution in [1.29, 1.82) is 0 Å². The van der Waals surface area contributed by atoms with E-state index in [0.717, 1.165) is 17.4 Å². The van der Waals surface area contributed by atoms with E-state index in [9.17, 15) is 21.6 Å². The number of sulfonamides is 1. The predicted molar refractivity (Wildman–Crippen MR) is 66.5 cm³/mol. The summed E-state index contributed by atoms with van der Waals surface area (Å²) >= 11 is 6.34. The van der Waals surface area contributed by atoms with Crippen LogP contribution < -0.4 is 4.72 Å². The molecule has 1 N–H and O–H groups in total. The van der Waals surface area contributed by atoms with Crippen LogP contribution in [0.3, 0.4) is 0 Å². The normalized spacial score (nSPS) is 11.6. The van der Waals surface area contributed by atoms with E-state index >= 15 is 0 Å². The average molecular weight is 328 g/mol. The summed E-state index contributed by atoms with van der Waals surface area (Å²) in [7, 11) is -4.09. The van der Waals surface area contributed by atoms with Crippen molar-refractivity contribution >= 4 is 38.6 Å². The number of anilines is 1. The van der Waals surface area contributed by atoms with Crippen molar-refractivity contribution in [1.82, 2.24) is 0 Å². The largest absolute Gasteiger partial charge is 0.276 e. The van der Waals surface area contributed by atoms with E-state index in [4.69, 9.17) is 11.6 Å². The van der Waals surface area contributed by atoms with Crippen molar-refractivity contribution in [3.05, 3.63) is 46.1 Å². The Kier molecular flexibility index (Phi) is 3.75. The van der Waals surface area contributed by atoms with Gasteiger partial charge in [-0.2, -0.15) is 0 Å². The molecule has 0 spiro atoms. The second-order valence-electron chi connectivity index (χ2n) is 3.39. The van der Waals surface area contributed by atoms with Gasteiger partial charge in [-0.1, -0.05) is 11.6 Å². The first-order valence-corrected chi connectivity index (χ1v) is 7.40. The molecule has 102 valence electrons. The third-order valence-electron chi connectivity index (χ3n) is 2.09. The van der Waals surface area contributed by atoms with E-state index < -0.39 is 33.2 Å². The maximum absolute atomic E-state index is 13.3. The second-order valence-corrected chi connectivity index (χ2v) is 7.01. The lowest BCUT2D eigenvalue weighted by molar-refractivity contribution is 0.449. The fourth-order valence-corrected chi connectivity index (χ4v) is 3.78. The van der Waals surface area contributed by atoms with Gasteiger partial charge < -0.3 is 0 Å². The van der Waals surface area contributed by atoms with Crippen molar-refractivity contribution in [3.8, 4) is 0 Å². The Morgan fingerprint density at radius 1 is 1.05 bits per heavy atom. The summed E-state index contributed by atoms with van der Waals surface area (Å²) in [5, 5.41) is 0. The number of hydrogen-bond acceptors (Lipinski definition) is 3. The monoisotopic (exact) mass is 327 g/mol. The zero-order chi connectivity index (χ0) is 14.2. The number of benzene rings is 1. The highest BCUT2D eigenvalue weighted by molar-refractivity contribution is 7.94. The second kappa shape index (κ2) is 5.03. The summed E-state index contributed by atoms with van der Waals surface area (Å²) in [6.45, 7) is 0. The number of nitrogens with one attached hydrogen (secondary N) is 1. The molecule has 0 amide bonds. The Bertz CT molecular complexity index is 730. The Balaban J connectivity index is 2.39. The van der Waals surface area contributed by atoms with Crippen LogP contribution in [0.5, 0.6) is 0 Å². The average Bonchev–Trinajstić information content (AvgIpc) is 2.78. The van der Waals surface area contributed by atoms with Gasteiger partial charge in [0.25, 0.3) is 10.0 Å². The molecule has 0 bridgehead atoms. The standard InChI is InChI=1S/C10H5ClF3NO2S2/c11-7-3-4-8(18-7)19(16,17)15-6-2-1-5(12)9(13)10(6)14/h1-4,15H. The van der Waals surface area contributed by atoms with Crippen molar-refractivity contribution in [3.63, 3.8) is 0 Å².